The molecule has 70 valence electrons. The third kappa shape index (κ3) is 1.32. The molecule has 1 heterocycles. The van der Waals surface area contributed by atoms with Crippen LogP contribution >= 0.6 is 11.6 Å². The smallest absolute Gasteiger partial charge is 0.161 e. The molecule has 2 unspecified atom stereocenters. The highest BCUT2D eigenvalue weighted by Gasteiger charge is 2.37. The monoisotopic (exact) mass is 189 g/mol. The lowest BCUT2D eigenvalue weighted by atomic mass is 10.3. The summed E-state index contributed by atoms with van der Waals surface area (Å²) in [5.41, 5.74) is 0.965. The molecular weight excluding hydrogens is 174 g/mol. The molecule has 0 amide bonds. The second-order valence-corrected chi connectivity index (χ2v) is 3.81. The molecule has 2 atom stereocenters. The summed E-state index contributed by atoms with van der Waals surface area (Å²) in [6.07, 6.45) is 0.220. The fraction of sp³-hybridized carbons (Fsp3) is 0.750. The van der Waals surface area contributed by atoms with Crippen molar-refractivity contribution >= 4 is 11.6 Å². The normalized spacial score (nSPS) is 32.2. The lowest BCUT2D eigenvalue weighted by Gasteiger charge is -2.26. The number of nitrogens with zero attached hydrogens (tertiary/aromatic N) is 3. The molecule has 4 heteroatoms. The molecule has 1 aliphatic heterocycles. The van der Waals surface area contributed by atoms with E-state index in [-0.39, 0.29) is 11.8 Å². The van der Waals surface area contributed by atoms with Crippen LogP contribution in [0.2, 0.25) is 0 Å². The quantitative estimate of drug-likeness (QED) is 0.446. The number of halogens is 1. The standard InChI is InChI=1S/C8H16ClN3/c1-6-7(10(2)3)12(5)8(9)11(6)4/h7-8H,1H2,2-5H3. The minimum Gasteiger partial charge on any atom is -0.348 e. The minimum absolute atomic E-state index is 0.0788. The average Bonchev–Trinajstić information content (AvgIpc) is 2.16. The first-order chi connectivity index (χ1) is 5.46. The van der Waals surface area contributed by atoms with Gasteiger partial charge in [-0.2, -0.15) is 0 Å². The van der Waals surface area contributed by atoms with Crippen LogP contribution in [0.3, 0.4) is 0 Å². The van der Waals surface area contributed by atoms with Crippen LogP contribution in [-0.4, -0.2) is 54.7 Å². The van der Waals surface area contributed by atoms with Crippen molar-refractivity contribution in [2.45, 2.75) is 11.8 Å². The molecule has 0 aliphatic carbocycles. The van der Waals surface area contributed by atoms with Gasteiger partial charge in [-0.15, -0.1) is 0 Å². The van der Waals surface area contributed by atoms with E-state index >= 15 is 0 Å². The van der Waals surface area contributed by atoms with Gasteiger partial charge in [0.1, 0.15) is 6.17 Å². The summed E-state index contributed by atoms with van der Waals surface area (Å²) in [6.45, 7) is 4.00. The maximum Gasteiger partial charge on any atom is 0.161 e. The molecule has 1 fully saturated rings. The lowest BCUT2D eigenvalue weighted by molar-refractivity contribution is 0.150. The van der Waals surface area contributed by atoms with Crippen LogP contribution in [0, 0.1) is 0 Å². The molecule has 1 saturated heterocycles. The Morgan fingerprint density at radius 3 is 2.08 bits per heavy atom. The van der Waals surface area contributed by atoms with E-state index in [1.807, 2.05) is 33.1 Å². The van der Waals surface area contributed by atoms with Gasteiger partial charge < -0.3 is 4.90 Å². The summed E-state index contributed by atoms with van der Waals surface area (Å²) in [7, 11) is 8.00. The fourth-order valence-corrected chi connectivity index (χ4v) is 1.84. The van der Waals surface area contributed by atoms with Crippen molar-refractivity contribution in [2.24, 2.45) is 0 Å². The van der Waals surface area contributed by atoms with Gasteiger partial charge >= 0.3 is 0 Å². The third-order valence-electron chi connectivity index (χ3n) is 2.28. The van der Waals surface area contributed by atoms with Crippen molar-refractivity contribution in [1.82, 2.24) is 14.7 Å². The average molecular weight is 190 g/mol. The largest absolute Gasteiger partial charge is 0.348 e. The Morgan fingerprint density at radius 1 is 1.42 bits per heavy atom. The van der Waals surface area contributed by atoms with E-state index in [1.54, 1.807) is 0 Å². The van der Waals surface area contributed by atoms with Crippen molar-refractivity contribution in [3.63, 3.8) is 0 Å². The summed E-state index contributed by atoms with van der Waals surface area (Å²) in [5, 5.41) is 0. The van der Waals surface area contributed by atoms with Gasteiger partial charge in [0.25, 0.3) is 0 Å². The second-order valence-electron chi connectivity index (χ2n) is 3.42. The first-order valence-corrected chi connectivity index (χ1v) is 4.34. The van der Waals surface area contributed by atoms with E-state index < -0.39 is 0 Å². The maximum atomic E-state index is 6.11. The van der Waals surface area contributed by atoms with Crippen molar-refractivity contribution in [2.75, 3.05) is 28.2 Å². The fourth-order valence-electron chi connectivity index (χ4n) is 1.61. The molecule has 0 bridgehead atoms. The van der Waals surface area contributed by atoms with E-state index in [1.165, 1.54) is 0 Å². The van der Waals surface area contributed by atoms with Crippen LogP contribution in [0.15, 0.2) is 12.3 Å². The highest BCUT2D eigenvalue weighted by Crippen LogP contribution is 2.28. The van der Waals surface area contributed by atoms with Gasteiger partial charge in [-0.25, -0.2) is 0 Å². The van der Waals surface area contributed by atoms with Gasteiger partial charge in [0.2, 0.25) is 0 Å². The maximum absolute atomic E-state index is 6.11. The van der Waals surface area contributed by atoms with E-state index in [4.69, 9.17) is 11.6 Å². The van der Waals surface area contributed by atoms with Crippen LogP contribution < -0.4 is 0 Å². The lowest BCUT2D eigenvalue weighted by Crippen LogP contribution is -2.40. The zero-order chi connectivity index (χ0) is 9.46. The summed E-state index contributed by atoms with van der Waals surface area (Å²) in [6, 6.07) is 0. The molecule has 0 radical (unpaired) electrons. The Kier molecular flexibility index (Phi) is 2.66. The van der Waals surface area contributed by atoms with Gasteiger partial charge in [-0.1, -0.05) is 18.2 Å². The number of hydrogen-bond donors (Lipinski definition) is 0. The molecule has 0 aromatic heterocycles. The first kappa shape index (κ1) is 9.84. The molecule has 0 spiro atoms. The van der Waals surface area contributed by atoms with Gasteiger partial charge in [0, 0.05) is 12.7 Å². The molecule has 1 aliphatic rings. The Morgan fingerprint density at radius 2 is 1.92 bits per heavy atom. The highest BCUT2D eigenvalue weighted by atomic mass is 35.5. The first-order valence-electron chi connectivity index (χ1n) is 3.91. The second kappa shape index (κ2) is 3.24. The number of alkyl halides is 1. The van der Waals surface area contributed by atoms with Crippen LogP contribution in [-0.2, 0) is 0 Å². The number of rotatable bonds is 1. The SMILES string of the molecule is C=C1C(N(C)C)N(C)C(Cl)N1C. The molecular formula is C8H16ClN3. The molecule has 12 heavy (non-hydrogen) atoms. The van der Waals surface area contributed by atoms with Crippen molar-refractivity contribution in [3.8, 4) is 0 Å². The van der Waals surface area contributed by atoms with Crippen LogP contribution in [0.1, 0.15) is 0 Å². The third-order valence-corrected chi connectivity index (χ3v) is 2.88. The Hall–Kier alpha value is -0.250. The predicted molar refractivity (Wildman–Crippen MR) is 51.8 cm³/mol. The van der Waals surface area contributed by atoms with Gasteiger partial charge in [-0.05, 0) is 21.1 Å². The molecule has 0 saturated carbocycles. The van der Waals surface area contributed by atoms with Crippen LogP contribution in [0.4, 0.5) is 0 Å². The van der Waals surface area contributed by atoms with Crippen molar-refractivity contribution in [1.29, 1.82) is 0 Å². The topological polar surface area (TPSA) is 9.72 Å². The molecule has 1 rings (SSSR count). The van der Waals surface area contributed by atoms with Crippen LogP contribution in [0.25, 0.3) is 0 Å². The zero-order valence-corrected chi connectivity index (χ0v) is 8.84. The molecule has 0 aromatic carbocycles. The minimum atomic E-state index is -0.0788. The summed E-state index contributed by atoms with van der Waals surface area (Å²) < 4.78 is 0. The van der Waals surface area contributed by atoms with Gasteiger partial charge in [-0.3, -0.25) is 9.80 Å². The molecule has 0 N–H and O–H groups in total. The van der Waals surface area contributed by atoms with Gasteiger partial charge in [0.15, 0.2) is 5.62 Å². The Labute approximate surface area is 79.2 Å². The molecule has 0 aromatic rings. The highest BCUT2D eigenvalue weighted by molar-refractivity contribution is 6.20. The van der Waals surface area contributed by atoms with Gasteiger partial charge in [0.05, 0.1) is 0 Å². The number of hydrogen-bond acceptors (Lipinski definition) is 3. The summed E-state index contributed by atoms with van der Waals surface area (Å²) >= 11 is 6.11. The van der Waals surface area contributed by atoms with Crippen LogP contribution in [0.5, 0.6) is 0 Å². The predicted octanol–water partition coefficient (Wildman–Crippen LogP) is 0.787. The zero-order valence-electron chi connectivity index (χ0n) is 8.08. The summed E-state index contributed by atoms with van der Waals surface area (Å²) in [4.78, 5) is 6.15. The summed E-state index contributed by atoms with van der Waals surface area (Å²) in [5.74, 6) is 0. The molecule has 3 nitrogen and oxygen atoms in total. The van der Waals surface area contributed by atoms with Crippen molar-refractivity contribution < 1.29 is 0 Å². The van der Waals surface area contributed by atoms with E-state index in [0.717, 1.165) is 5.70 Å². The number of likely N-dealkylation sites (N-methyl/N-ethyl adjacent to an activating group) is 3. The van der Waals surface area contributed by atoms with E-state index in [9.17, 15) is 0 Å². The van der Waals surface area contributed by atoms with E-state index in [2.05, 4.69) is 16.4 Å². The van der Waals surface area contributed by atoms with E-state index in [0.29, 0.717) is 0 Å². The Balaban J connectivity index is 2.83. The Bertz CT molecular complexity index is 193. The van der Waals surface area contributed by atoms with Crippen molar-refractivity contribution in [3.05, 3.63) is 12.3 Å².